The van der Waals surface area contributed by atoms with Crippen LogP contribution in [0.4, 0.5) is 5.13 Å². The summed E-state index contributed by atoms with van der Waals surface area (Å²) in [4.78, 5) is 18.2. The molecule has 1 N–H and O–H groups in total. The normalized spacial score (nSPS) is 15.7. The third-order valence-corrected chi connectivity index (χ3v) is 7.28. The Morgan fingerprint density at radius 1 is 1.12 bits per heavy atom. The minimum Gasteiger partial charge on any atom is -0.376 e. The molecule has 2 aromatic carbocycles. The molecule has 1 fully saturated rings. The second kappa shape index (κ2) is 9.95. The van der Waals surface area contributed by atoms with Gasteiger partial charge in [0, 0.05) is 35.5 Å². The summed E-state index contributed by atoms with van der Waals surface area (Å²) in [6.45, 7) is 6.00. The van der Waals surface area contributed by atoms with Crippen molar-refractivity contribution in [1.29, 1.82) is 0 Å². The highest BCUT2D eigenvalue weighted by molar-refractivity contribution is 7.14. The topological polar surface area (TPSA) is 56.2 Å². The first kappa shape index (κ1) is 22.6. The number of nitrogens with zero attached hydrogens (tertiary/aromatic N) is 2. The Balaban J connectivity index is 1.37. The van der Waals surface area contributed by atoms with Gasteiger partial charge < -0.3 is 14.6 Å². The van der Waals surface area contributed by atoms with Gasteiger partial charge >= 0.3 is 0 Å². The van der Waals surface area contributed by atoms with E-state index < -0.39 is 5.92 Å². The zero-order chi connectivity index (χ0) is 23.5. The molecule has 1 unspecified atom stereocenters. The number of benzene rings is 2. The number of carbonyl (C=O) groups is 1. The van der Waals surface area contributed by atoms with Crippen LogP contribution in [0.5, 0.6) is 0 Å². The summed E-state index contributed by atoms with van der Waals surface area (Å²) < 4.78 is 8.17. The predicted octanol–water partition coefficient (Wildman–Crippen LogP) is 6.18. The Bertz CT molecular complexity index is 1220. The molecule has 5 rings (SSSR count). The van der Waals surface area contributed by atoms with Gasteiger partial charge in [0.05, 0.1) is 17.7 Å². The Morgan fingerprint density at radius 2 is 1.79 bits per heavy atom. The van der Waals surface area contributed by atoms with Crippen molar-refractivity contribution in [3.63, 3.8) is 0 Å². The van der Waals surface area contributed by atoms with Crippen LogP contribution in [-0.4, -0.2) is 28.2 Å². The van der Waals surface area contributed by atoms with Crippen molar-refractivity contribution >= 4 is 22.4 Å². The SMILES string of the molecule is Cc1cc(-c2csc(NC(=O)C(c3ccccc3)c3ccccc3)n2)c(C)n1CC1CCCO1. The maximum absolute atomic E-state index is 13.4. The van der Waals surface area contributed by atoms with Crippen molar-refractivity contribution in [2.75, 3.05) is 11.9 Å². The maximum Gasteiger partial charge on any atom is 0.238 e. The molecule has 2 aromatic heterocycles. The van der Waals surface area contributed by atoms with Gasteiger partial charge in [0.2, 0.25) is 5.91 Å². The monoisotopic (exact) mass is 471 g/mol. The van der Waals surface area contributed by atoms with Gasteiger partial charge in [-0.05, 0) is 43.9 Å². The molecule has 1 amide bonds. The number of aromatic nitrogens is 2. The third kappa shape index (κ3) is 4.69. The standard InChI is InChI=1S/C28H29N3O2S/c1-19-16-24(20(2)31(19)17-23-14-9-15-33-23)25-18-34-28(29-25)30-27(32)26(21-10-5-3-6-11-21)22-12-7-4-8-13-22/h3-8,10-13,16,18,23,26H,9,14-15,17H2,1-2H3,(H,29,30,32). The number of hydrogen-bond donors (Lipinski definition) is 1. The number of ether oxygens (including phenoxy) is 1. The van der Waals surface area contributed by atoms with Crippen LogP contribution in [0.2, 0.25) is 0 Å². The van der Waals surface area contributed by atoms with Gasteiger partial charge in [-0.15, -0.1) is 11.3 Å². The molecule has 3 heterocycles. The molecule has 5 nitrogen and oxygen atoms in total. The first-order valence-electron chi connectivity index (χ1n) is 11.7. The van der Waals surface area contributed by atoms with Crippen molar-refractivity contribution in [3.8, 4) is 11.3 Å². The van der Waals surface area contributed by atoms with Gasteiger partial charge in [0.1, 0.15) is 0 Å². The molecule has 1 aliphatic rings. The number of hydrogen-bond acceptors (Lipinski definition) is 4. The summed E-state index contributed by atoms with van der Waals surface area (Å²) in [6, 6.07) is 21.9. The average Bonchev–Trinajstić information content (AvgIpc) is 3.59. The molecule has 0 saturated carbocycles. The van der Waals surface area contributed by atoms with E-state index in [0.717, 1.165) is 48.4 Å². The third-order valence-electron chi connectivity index (χ3n) is 6.52. The molecule has 0 aliphatic carbocycles. The van der Waals surface area contributed by atoms with E-state index in [1.165, 1.54) is 22.7 Å². The molecule has 34 heavy (non-hydrogen) atoms. The van der Waals surface area contributed by atoms with Crippen molar-refractivity contribution < 1.29 is 9.53 Å². The fourth-order valence-electron chi connectivity index (χ4n) is 4.75. The minimum absolute atomic E-state index is 0.0813. The lowest BCUT2D eigenvalue weighted by molar-refractivity contribution is -0.116. The lowest BCUT2D eigenvalue weighted by Gasteiger charge is -2.17. The summed E-state index contributed by atoms with van der Waals surface area (Å²) in [5.74, 6) is -0.478. The number of thiazole rings is 1. The second-order valence-electron chi connectivity index (χ2n) is 8.81. The maximum atomic E-state index is 13.4. The van der Waals surface area contributed by atoms with Crippen molar-refractivity contribution in [2.24, 2.45) is 0 Å². The van der Waals surface area contributed by atoms with E-state index in [2.05, 4.69) is 29.8 Å². The molecular weight excluding hydrogens is 442 g/mol. The quantitative estimate of drug-likeness (QED) is 0.350. The van der Waals surface area contributed by atoms with Crippen molar-refractivity contribution in [2.45, 2.75) is 45.3 Å². The van der Waals surface area contributed by atoms with Crippen LogP contribution in [0, 0.1) is 13.8 Å². The minimum atomic E-state index is -0.397. The number of aryl methyl sites for hydroxylation is 1. The highest BCUT2D eigenvalue weighted by Crippen LogP contribution is 2.32. The summed E-state index contributed by atoms with van der Waals surface area (Å²) in [5, 5.41) is 5.70. The Hall–Kier alpha value is -3.22. The van der Waals surface area contributed by atoms with Gasteiger partial charge in [-0.25, -0.2) is 4.98 Å². The number of amides is 1. The zero-order valence-corrected chi connectivity index (χ0v) is 20.3. The van der Waals surface area contributed by atoms with Gasteiger partial charge in [-0.3, -0.25) is 4.79 Å². The number of carbonyl (C=O) groups excluding carboxylic acids is 1. The lowest BCUT2D eigenvalue weighted by Crippen LogP contribution is -2.22. The van der Waals surface area contributed by atoms with Gasteiger partial charge in [0.15, 0.2) is 5.13 Å². The van der Waals surface area contributed by atoms with Gasteiger partial charge in [0.25, 0.3) is 0 Å². The van der Waals surface area contributed by atoms with Crippen LogP contribution in [0.15, 0.2) is 72.1 Å². The summed E-state index contributed by atoms with van der Waals surface area (Å²) in [5.41, 5.74) is 6.30. The number of nitrogens with one attached hydrogen (secondary N) is 1. The van der Waals surface area contributed by atoms with Crippen LogP contribution < -0.4 is 5.32 Å². The molecule has 6 heteroatoms. The zero-order valence-electron chi connectivity index (χ0n) is 19.5. The summed E-state index contributed by atoms with van der Waals surface area (Å²) >= 11 is 1.46. The second-order valence-corrected chi connectivity index (χ2v) is 9.67. The number of anilines is 1. The van der Waals surface area contributed by atoms with Crippen LogP contribution in [0.3, 0.4) is 0 Å². The van der Waals surface area contributed by atoms with Crippen LogP contribution in [0.1, 0.15) is 41.3 Å². The molecule has 0 bridgehead atoms. The summed E-state index contributed by atoms with van der Waals surface area (Å²) in [7, 11) is 0. The molecule has 1 aliphatic heterocycles. The molecular formula is C28H29N3O2S. The first-order chi connectivity index (χ1) is 16.6. The molecule has 174 valence electrons. The molecule has 1 atom stereocenters. The van der Waals surface area contributed by atoms with Crippen LogP contribution >= 0.6 is 11.3 Å². The fourth-order valence-corrected chi connectivity index (χ4v) is 5.47. The van der Waals surface area contributed by atoms with Crippen LogP contribution in [-0.2, 0) is 16.1 Å². The van der Waals surface area contributed by atoms with Gasteiger partial charge in [-0.2, -0.15) is 0 Å². The first-order valence-corrected chi connectivity index (χ1v) is 12.6. The number of rotatable bonds is 7. The van der Waals surface area contributed by atoms with Crippen molar-refractivity contribution in [3.05, 3.63) is 94.6 Å². The van der Waals surface area contributed by atoms with Crippen LogP contribution in [0.25, 0.3) is 11.3 Å². The molecule has 1 saturated heterocycles. The molecule has 0 radical (unpaired) electrons. The van der Waals surface area contributed by atoms with E-state index in [9.17, 15) is 4.79 Å². The lowest BCUT2D eigenvalue weighted by atomic mass is 9.90. The van der Waals surface area contributed by atoms with E-state index in [0.29, 0.717) is 5.13 Å². The highest BCUT2D eigenvalue weighted by atomic mass is 32.1. The largest absolute Gasteiger partial charge is 0.376 e. The highest BCUT2D eigenvalue weighted by Gasteiger charge is 2.24. The van der Waals surface area contributed by atoms with E-state index in [4.69, 9.17) is 9.72 Å². The summed E-state index contributed by atoms with van der Waals surface area (Å²) in [6.07, 6.45) is 2.54. The Morgan fingerprint density at radius 3 is 2.41 bits per heavy atom. The fraction of sp³-hybridized carbons (Fsp3) is 0.286. The van der Waals surface area contributed by atoms with Gasteiger partial charge in [-0.1, -0.05) is 60.7 Å². The predicted molar refractivity (Wildman–Crippen MR) is 137 cm³/mol. The van der Waals surface area contributed by atoms with E-state index in [1.54, 1.807) is 0 Å². The van der Waals surface area contributed by atoms with E-state index in [-0.39, 0.29) is 12.0 Å². The van der Waals surface area contributed by atoms with Crippen molar-refractivity contribution in [1.82, 2.24) is 9.55 Å². The molecule has 4 aromatic rings. The van der Waals surface area contributed by atoms with E-state index >= 15 is 0 Å². The average molecular weight is 472 g/mol. The molecule has 0 spiro atoms. The smallest absolute Gasteiger partial charge is 0.238 e. The van der Waals surface area contributed by atoms with E-state index in [1.807, 2.05) is 66.0 Å². The Labute approximate surface area is 204 Å². The Kier molecular flexibility index (Phi) is 6.61.